The van der Waals surface area contributed by atoms with Crippen LogP contribution in [0.4, 0.5) is 17.6 Å². The number of carbonyl (C=O) groups excluding carboxylic acids is 1. The van der Waals surface area contributed by atoms with Crippen LogP contribution in [0.5, 0.6) is 0 Å². The molecule has 1 unspecified atom stereocenters. The number of likely N-dealkylation sites (tertiary alicyclic amines) is 2. The standard InChI is InChI=1S/C18H19FN2OS.C2HF3O2/c19-15-5-3-14(4-6-15)12-21-10-8-18(21)7-9-20(13-18)17(22)16-2-1-11-23-16;3-2(4,5)1(6)7/h1-6,11H,7-10,12-13H2;(H,6,7). The molecule has 5 nitrogen and oxygen atoms in total. The van der Waals surface area contributed by atoms with Crippen molar-refractivity contribution in [1.82, 2.24) is 9.80 Å². The molecule has 2 aliphatic rings. The molecular weight excluding hydrogens is 424 g/mol. The van der Waals surface area contributed by atoms with Crippen molar-refractivity contribution in [3.05, 3.63) is 58.0 Å². The second kappa shape index (κ2) is 8.73. The van der Waals surface area contributed by atoms with E-state index in [0.29, 0.717) is 0 Å². The van der Waals surface area contributed by atoms with Gasteiger partial charge in [0.05, 0.1) is 4.88 Å². The Morgan fingerprint density at radius 1 is 1.10 bits per heavy atom. The number of carbonyl (C=O) groups is 2. The number of hydrogen-bond acceptors (Lipinski definition) is 4. The van der Waals surface area contributed by atoms with Crippen LogP contribution in [0.1, 0.15) is 28.1 Å². The maximum atomic E-state index is 13.0. The van der Waals surface area contributed by atoms with Gasteiger partial charge < -0.3 is 10.0 Å². The fraction of sp³-hybridized carbons (Fsp3) is 0.400. The topological polar surface area (TPSA) is 60.9 Å². The lowest BCUT2D eigenvalue weighted by Crippen LogP contribution is -2.60. The molecular formula is C20H20F4N2O3S. The highest BCUT2D eigenvalue weighted by Gasteiger charge is 2.50. The number of rotatable bonds is 3. The van der Waals surface area contributed by atoms with E-state index in [2.05, 4.69) is 4.90 Å². The molecule has 0 bridgehead atoms. The Bertz CT molecular complexity index is 886. The van der Waals surface area contributed by atoms with Gasteiger partial charge >= 0.3 is 12.1 Å². The molecule has 2 saturated heterocycles. The van der Waals surface area contributed by atoms with Crippen LogP contribution >= 0.6 is 11.3 Å². The van der Waals surface area contributed by atoms with E-state index in [9.17, 15) is 22.4 Å². The number of carboxylic acids is 1. The zero-order valence-electron chi connectivity index (χ0n) is 15.9. The Labute approximate surface area is 174 Å². The van der Waals surface area contributed by atoms with Gasteiger partial charge in [0.25, 0.3) is 5.91 Å². The van der Waals surface area contributed by atoms with Crippen molar-refractivity contribution in [3.63, 3.8) is 0 Å². The van der Waals surface area contributed by atoms with E-state index in [1.807, 2.05) is 34.5 Å². The van der Waals surface area contributed by atoms with Crippen LogP contribution in [0, 0.1) is 5.82 Å². The minimum Gasteiger partial charge on any atom is -0.475 e. The Morgan fingerprint density at radius 2 is 1.73 bits per heavy atom. The van der Waals surface area contributed by atoms with Crippen LogP contribution < -0.4 is 0 Å². The summed E-state index contributed by atoms with van der Waals surface area (Å²) in [7, 11) is 0. The van der Waals surface area contributed by atoms with Gasteiger partial charge in [-0.15, -0.1) is 11.3 Å². The van der Waals surface area contributed by atoms with Crippen molar-refractivity contribution in [1.29, 1.82) is 0 Å². The molecule has 1 aromatic heterocycles. The quantitative estimate of drug-likeness (QED) is 0.727. The van der Waals surface area contributed by atoms with Crippen LogP contribution in [-0.4, -0.2) is 58.1 Å². The number of hydrogen-bond donors (Lipinski definition) is 1. The molecule has 1 aromatic carbocycles. The van der Waals surface area contributed by atoms with Crippen molar-refractivity contribution in [2.75, 3.05) is 19.6 Å². The summed E-state index contributed by atoms with van der Waals surface area (Å²) in [6.45, 7) is 3.53. The van der Waals surface area contributed by atoms with Crippen molar-refractivity contribution >= 4 is 23.2 Å². The number of nitrogens with zero attached hydrogens (tertiary/aromatic N) is 2. The van der Waals surface area contributed by atoms with E-state index >= 15 is 0 Å². The number of halogens is 4. The monoisotopic (exact) mass is 444 g/mol. The summed E-state index contributed by atoms with van der Waals surface area (Å²) >= 11 is 1.51. The molecule has 2 fully saturated rings. The molecule has 2 aliphatic heterocycles. The molecule has 0 radical (unpaired) electrons. The molecule has 2 aromatic rings. The van der Waals surface area contributed by atoms with Crippen molar-refractivity contribution in [2.24, 2.45) is 0 Å². The highest BCUT2D eigenvalue weighted by molar-refractivity contribution is 7.12. The van der Waals surface area contributed by atoms with Gasteiger partial charge in [-0.1, -0.05) is 18.2 Å². The van der Waals surface area contributed by atoms with Gasteiger partial charge in [0, 0.05) is 31.7 Å². The van der Waals surface area contributed by atoms with Crippen LogP contribution in [0.2, 0.25) is 0 Å². The van der Waals surface area contributed by atoms with Gasteiger partial charge in [-0.05, 0) is 42.0 Å². The zero-order valence-corrected chi connectivity index (χ0v) is 16.7. The Morgan fingerprint density at radius 3 is 2.23 bits per heavy atom. The van der Waals surface area contributed by atoms with E-state index in [1.165, 1.54) is 23.5 Å². The van der Waals surface area contributed by atoms with E-state index in [-0.39, 0.29) is 17.3 Å². The Balaban J connectivity index is 0.000000318. The lowest BCUT2D eigenvalue weighted by Gasteiger charge is -2.50. The predicted octanol–water partition coefficient (Wildman–Crippen LogP) is 4.01. The number of amides is 1. The first-order chi connectivity index (χ1) is 14.1. The third kappa shape index (κ3) is 4.99. The van der Waals surface area contributed by atoms with E-state index < -0.39 is 12.1 Å². The van der Waals surface area contributed by atoms with Crippen molar-refractivity contribution in [3.8, 4) is 0 Å². The largest absolute Gasteiger partial charge is 0.490 e. The lowest BCUT2D eigenvalue weighted by atomic mass is 9.83. The van der Waals surface area contributed by atoms with Crippen LogP contribution in [0.25, 0.3) is 0 Å². The molecule has 4 rings (SSSR count). The SMILES string of the molecule is O=C(O)C(F)(F)F.O=C(c1cccs1)N1CCC2(CCN2Cc2ccc(F)cc2)C1. The summed E-state index contributed by atoms with van der Waals surface area (Å²) in [5.74, 6) is -2.79. The van der Waals surface area contributed by atoms with Crippen LogP contribution in [-0.2, 0) is 11.3 Å². The third-order valence-corrected chi connectivity index (χ3v) is 6.26. The van der Waals surface area contributed by atoms with Gasteiger partial charge in [0.2, 0.25) is 0 Å². The summed E-state index contributed by atoms with van der Waals surface area (Å²) in [5.41, 5.74) is 1.26. The molecule has 162 valence electrons. The first-order valence-corrected chi connectivity index (χ1v) is 10.1. The Hall–Kier alpha value is -2.46. The fourth-order valence-electron chi connectivity index (χ4n) is 3.69. The highest BCUT2D eigenvalue weighted by Crippen LogP contribution is 2.40. The van der Waals surface area contributed by atoms with Gasteiger partial charge in [-0.3, -0.25) is 9.69 Å². The summed E-state index contributed by atoms with van der Waals surface area (Å²) in [6, 6.07) is 10.6. The second-order valence-corrected chi connectivity index (χ2v) is 8.23. The van der Waals surface area contributed by atoms with Crippen molar-refractivity contribution < 1.29 is 32.3 Å². The zero-order chi connectivity index (χ0) is 21.9. The van der Waals surface area contributed by atoms with Crippen molar-refractivity contribution in [2.45, 2.75) is 31.1 Å². The molecule has 1 amide bonds. The summed E-state index contributed by atoms with van der Waals surface area (Å²) in [6.07, 6.45) is -2.91. The molecule has 10 heteroatoms. The second-order valence-electron chi connectivity index (χ2n) is 7.28. The maximum Gasteiger partial charge on any atom is 0.490 e. The maximum absolute atomic E-state index is 13.0. The van der Waals surface area contributed by atoms with Gasteiger partial charge in [0.1, 0.15) is 5.82 Å². The minimum absolute atomic E-state index is 0.126. The smallest absolute Gasteiger partial charge is 0.475 e. The Kier molecular flexibility index (Phi) is 6.47. The van der Waals surface area contributed by atoms with E-state index in [4.69, 9.17) is 9.90 Å². The first kappa shape index (κ1) is 22.2. The number of alkyl halides is 3. The normalized spacial score (nSPS) is 21.1. The summed E-state index contributed by atoms with van der Waals surface area (Å²) in [4.78, 5) is 26.7. The number of thiophene rings is 1. The molecule has 30 heavy (non-hydrogen) atoms. The van der Waals surface area contributed by atoms with Gasteiger partial charge in [0.15, 0.2) is 0 Å². The number of aliphatic carboxylic acids is 1. The molecule has 1 spiro atoms. The van der Waals surface area contributed by atoms with Gasteiger partial charge in [-0.25, -0.2) is 9.18 Å². The van der Waals surface area contributed by atoms with Gasteiger partial charge in [-0.2, -0.15) is 13.2 Å². The lowest BCUT2D eigenvalue weighted by molar-refractivity contribution is -0.192. The fourth-order valence-corrected chi connectivity index (χ4v) is 4.38. The highest BCUT2D eigenvalue weighted by atomic mass is 32.1. The first-order valence-electron chi connectivity index (χ1n) is 9.23. The van der Waals surface area contributed by atoms with Crippen LogP contribution in [0.15, 0.2) is 41.8 Å². The molecule has 3 heterocycles. The number of benzene rings is 1. The third-order valence-electron chi connectivity index (χ3n) is 5.40. The molecule has 0 aliphatic carbocycles. The molecule has 1 atom stereocenters. The van der Waals surface area contributed by atoms with Crippen LogP contribution in [0.3, 0.4) is 0 Å². The molecule has 0 saturated carbocycles. The summed E-state index contributed by atoms with van der Waals surface area (Å²) < 4.78 is 44.8. The average Bonchev–Trinajstić information content (AvgIpc) is 3.37. The average molecular weight is 444 g/mol. The number of carboxylic acid groups (broad SMARTS) is 1. The minimum atomic E-state index is -5.08. The van der Waals surface area contributed by atoms with E-state index in [1.54, 1.807) is 0 Å². The predicted molar refractivity (Wildman–Crippen MR) is 103 cm³/mol. The molecule has 1 N–H and O–H groups in total. The summed E-state index contributed by atoms with van der Waals surface area (Å²) in [5, 5.41) is 9.07. The van der Waals surface area contributed by atoms with E-state index in [0.717, 1.165) is 49.5 Å².